The summed E-state index contributed by atoms with van der Waals surface area (Å²) in [5.74, 6) is 1.47. The Labute approximate surface area is 170 Å². The molecule has 3 aromatic rings. The second kappa shape index (κ2) is 7.27. The van der Waals surface area contributed by atoms with Crippen molar-refractivity contribution in [3.05, 3.63) is 47.7 Å². The number of fused-ring (bicyclic) bond motifs is 3. The summed E-state index contributed by atoms with van der Waals surface area (Å²) in [4.78, 5) is 0.119. The number of ether oxygens (including phenoxy) is 3. The summed E-state index contributed by atoms with van der Waals surface area (Å²) < 4.78 is 45.2. The molecule has 0 amide bonds. The van der Waals surface area contributed by atoms with Crippen LogP contribution in [0.1, 0.15) is 24.1 Å². The normalized spacial score (nSPS) is 16.8. The third-order valence-corrected chi connectivity index (χ3v) is 6.94. The molecular weight excluding hydrogens is 392 g/mol. The molecule has 0 spiro atoms. The summed E-state index contributed by atoms with van der Waals surface area (Å²) >= 11 is 0. The average Bonchev–Trinajstić information content (AvgIpc) is 3.04. The van der Waals surface area contributed by atoms with Crippen LogP contribution in [0.5, 0.6) is 17.2 Å². The smallest absolute Gasteiger partial charge is 0.271 e. The summed E-state index contributed by atoms with van der Waals surface area (Å²) in [6, 6.07) is 8.61. The average molecular weight is 416 g/mol. The molecule has 0 saturated carbocycles. The number of aryl methyl sites for hydroxylation is 1. The van der Waals surface area contributed by atoms with Gasteiger partial charge in [-0.2, -0.15) is 0 Å². The van der Waals surface area contributed by atoms with Crippen LogP contribution in [-0.4, -0.2) is 39.8 Å². The van der Waals surface area contributed by atoms with Gasteiger partial charge in [-0.1, -0.05) is 6.07 Å². The minimum atomic E-state index is -3.89. The molecule has 29 heavy (non-hydrogen) atoms. The number of hydrogen-bond acceptors (Lipinski definition) is 6. The zero-order valence-electron chi connectivity index (χ0n) is 16.9. The highest BCUT2D eigenvalue weighted by Gasteiger charge is 2.28. The van der Waals surface area contributed by atoms with E-state index >= 15 is 0 Å². The van der Waals surface area contributed by atoms with Gasteiger partial charge in [-0.05, 0) is 37.6 Å². The summed E-state index contributed by atoms with van der Waals surface area (Å²) in [6.45, 7) is 5.08. The van der Waals surface area contributed by atoms with E-state index < -0.39 is 10.0 Å². The van der Waals surface area contributed by atoms with Gasteiger partial charge in [-0.15, -0.1) is 0 Å². The van der Waals surface area contributed by atoms with E-state index in [4.69, 9.17) is 14.2 Å². The minimum Gasteiger partial charge on any atom is -0.495 e. The number of aromatic nitrogens is 1. The highest BCUT2D eigenvalue weighted by Crippen LogP contribution is 2.43. The van der Waals surface area contributed by atoms with E-state index in [1.54, 1.807) is 37.6 Å². The fourth-order valence-corrected chi connectivity index (χ4v) is 5.39. The zero-order chi connectivity index (χ0) is 20.8. The van der Waals surface area contributed by atoms with Crippen molar-refractivity contribution in [1.82, 2.24) is 9.29 Å². The van der Waals surface area contributed by atoms with E-state index in [-0.39, 0.29) is 10.9 Å². The number of nitrogens with zero attached hydrogens (tertiary/aromatic N) is 1. The first kappa shape index (κ1) is 19.6. The third kappa shape index (κ3) is 3.12. The molecule has 7 nitrogen and oxygen atoms in total. The molecule has 1 aliphatic heterocycles. The number of benzene rings is 2. The van der Waals surface area contributed by atoms with E-state index in [0.717, 1.165) is 16.5 Å². The van der Waals surface area contributed by atoms with Crippen molar-refractivity contribution in [3.8, 4) is 17.2 Å². The van der Waals surface area contributed by atoms with Crippen LogP contribution in [0.15, 0.2) is 41.4 Å². The van der Waals surface area contributed by atoms with Crippen molar-refractivity contribution in [1.29, 1.82) is 0 Å². The van der Waals surface area contributed by atoms with E-state index in [2.05, 4.69) is 5.32 Å². The van der Waals surface area contributed by atoms with Crippen LogP contribution >= 0.6 is 0 Å². The van der Waals surface area contributed by atoms with Crippen molar-refractivity contribution in [2.75, 3.05) is 27.4 Å². The van der Waals surface area contributed by atoms with Crippen LogP contribution in [0.4, 0.5) is 0 Å². The molecule has 0 fully saturated rings. The molecule has 1 unspecified atom stereocenters. The van der Waals surface area contributed by atoms with Gasteiger partial charge in [-0.3, -0.25) is 0 Å². The topological polar surface area (TPSA) is 78.8 Å². The molecule has 0 aliphatic carbocycles. The number of hydrogen-bond donors (Lipinski definition) is 1. The van der Waals surface area contributed by atoms with Crippen LogP contribution in [0.2, 0.25) is 0 Å². The second-order valence-corrected chi connectivity index (χ2v) is 8.83. The Balaban J connectivity index is 2.01. The van der Waals surface area contributed by atoms with Crippen molar-refractivity contribution >= 4 is 20.9 Å². The highest BCUT2D eigenvalue weighted by molar-refractivity contribution is 7.90. The van der Waals surface area contributed by atoms with Crippen molar-refractivity contribution in [2.24, 2.45) is 0 Å². The maximum Gasteiger partial charge on any atom is 0.271 e. The lowest BCUT2D eigenvalue weighted by molar-refractivity contribution is 0.301. The third-order valence-electron chi connectivity index (χ3n) is 5.22. The predicted octanol–water partition coefficient (Wildman–Crippen LogP) is 3.25. The molecule has 1 aliphatic rings. The molecule has 8 heteroatoms. The fraction of sp³-hybridized carbons (Fsp3) is 0.333. The molecule has 1 atom stereocenters. The van der Waals surface area contributed by atoms with E-state index in [9.17, 15) is 8.42 Å². The molecule has 1 N–H and O–H groups in total. The highest BCUT2D eigenvalue weighted by atomic mass is 32.2. The maximum absolute atomic E-state index is 13.6. The Morgan fingerprint density at radius 3 is 2.62 bits per heavy atom. The monoisotopic (exact) mass is 416 g/mol. The molecule has 2 aromatic carbocycles. The maximum atomic E-state index is 13.6. The van der Waals surface area contributed by atoms with Gasteiger partial charge in [0.2, 0.25) is 0 Å². The molecule has 1 aromatic heterocycles. The number of methoxy groups -OCH3 is 2. The molecule has 2 heterocycles. The van der Waals surface area contributed by atoms with Crippen LogP contribution in [0, 0.1) is 6.92 Å². The molecule has 0 bridgehead atoms. The molecule has 0 saturated heterocycles. The Morgan fingerprint density at radius 1 is 1.14 bits per heavy atom. The first-order chi connectivity index (χ1) is 13.9. The minimum absolute atomic E-state index is 0.0165. The van der Waals surface area contributed by atoms with E-state index in [1.165, 1.54) is 11.1 Å². The first-order valence-corrected chi connectivity index (χ1v) is 10.8. The van der Waals surface area contributed by atoms with Crippen molar-refractivity contribution < 1.29 is 22.6 Å². The van der Waals surface area contributed by atoms with E-state index in [1.807, 2.05) is 19.9 Å². The largest absolute Gasteiger partial charge is 0.495 e. The molecular formula is C21H24N2O5S. The van der Waals surface area contributed by atoms with Gasteiger partial charge in [0.05, 0.1) is 19.7 Å². The van der Waals surface area contributed by atoms with Gasteiger partial charge in [0, 0.05) is 35.8 Å². The Morgan fingerprint density at radius 2 is 1.90 bits per heavy atom. The van der Waals surface area contributed by atoms with Crippen molar-refractivity contribution in [3.63, 3.8) is 0 Å². The Bertz CT molecular complexity index is 1180. The van der Waals surface area contributed by atoms with Gasteiger partial charge in [0.25, 0.3) is 10.0 Å². The second-order valence-electron chi connectivity index (χ2n) is 7.05. The van der Waals surface area contributed by atoms with Gasteiger partial charge in [0.15, 0.2) is 11.5 Å². The van der Waals surface area contributed by atoms with Gasteiger partial charge in [0.1, 0.15) is 17.3 Å². The van der Waals surface area contributed by atoms with Gasteiger partial charge in [-0.25, -0.2) is 12.4 Å². The van der Waals surface area contributed by atoms with E-state index in [0.29, 0.717) is 35.9 Å². The SMILES string of the molecule is COc1ccc(C)cc1S(=O)(=O)n1ccc2c3c(c(OC)cc21)OCCNC3C. The number of nitrogens with one attached hydrogen (secondary N) is 1. The summed E-state index contributed by atoms with van der Waals surface area (Å²) in [7, 11) is -0.873. The van der Waals surface area contributed by atoms with Crippen LogP contribution in [-0.2, 0) is 10.0 Å². The fourth-order valence-electron chi connectivity index (χ4n) is 3.80. The lowest BCUT2D eigenvalue weighted by atomic mass is 10.0. The zero-order valence-corrected chi connectivity index (χ0v) is 17.7. The molecule has 0 radical (unpaired) electrons. The Hall–Kier alpha value is -2.71. The van der Waals surface area contributed by atoms with Gasteiger partial charge < -0.3 is 19.5 Å². The standard InChI is InChI=1S/C21H24N2O5S/c1-13-5-6-17(26-3)19(11-13)29(24,25)23-9-7-15-16(23)12-18(27-4)21-20(15)14(2)22-8-10-28-21/h5-7,9,11-12,14,22H,8,10H2,1-4H3. The molecule has 4 rings (SSSR count). The molecule has 154 valence electrons. The van der Waals surface area contributed by atoms with Crippen molar-refractivity contribution in [2.45, 2.75) is 24.8 Å². The van der Waals surface area contributed by atoms with Crippen LogP contribution in [0.25, 0.3) is 10.9 Å². The lowest BCUT2D eigenvalue weighted by Crippen LogP contribution is -2.20. The number of rotatable bonds is 4. The summed E-state index contributed by atoms with van der Waals surface area (Å²) in [6.07, 6.45) is 1.57. The van der Waals surface area contributed by atoms with Crippen LogP contribution < -0.4 is 19.5 Å². The first-order valence-electron chi connectivity index (χ1n) is 9.37. The lowest BCUT2D eigenvalue weighted by Gasteiger charge is -2.18. The summed E-state index contributed by atoms with van der Waals surface area (Å²) in [5, 5.41) is 4.19. The van der Waals surface area contributed by atoms with Crippen LogP contribution in [0.3, 0.4) is 0 Å². The van der Waals surface area contributed by atoms with Gasteiger partial charge >= 0.3 is 0 Å². The Kier molecular flexibility index (Phi) is 4.92. The predicted molar refractivity (Wildman–Crippen MR) is 111 cm³/mol. The quantitative estimate of drug-likeness (QED) is 0.703. The summed E-state index contributed by atoms with van der Waals surface area (Å²) in [5.41, 5.74) is 2.25.